The maximum absolute atomic E-state index is 11.6. The average molecular weight is 355 g/mol. The highest BCUT2D eigenvalue weighted by Crippen LogP contribution is 2.10. The van der Waals surface area contributed by atoms with E-state index in [0.717, 1.165) is 17.1 Å². The van der Waals surface area contributed by atoms with Crippen LogP contribution >= 0.6 is 11.8 Å². The van der Waals surface area contributed by atoms with E-state index in [1.807, 2.05) is 48.5 Å². The van der Waals surface area contributed by atoms with Gasteiger partial charge in [-0.25, -0.2) is 4.79 Å². The predicted octanol–water partition coefficient (Wildman–Crippen LogP) is 3.29. The molecule has 4 nitrogen and oxygen atoms in total. The molecule has 130 valence electrons. The summed E-state index contributed by atoms with van der Waals surface area (Å²) in [6, 6.07) is 19.6. The number of hydrogen-bond acceptors (Lipinski definition) is 4. The molecule has 2 aromatic rings. The van der Waals surface area contributed by atoms with E-state index in [1.54, 1.807) is 17.8 Å². The van der Waals surface area contributed by atoms with E-state index in [2.05, 4.69) is 17.4 Å². The molecule has 0 fully saturated rings. The van der Waals surface area contributed by atoms with Crippen LogP contribution in [0.4, 0.5) is 0 Å². The molecule has 0 heterocycles. The summed E-state index contributed by atoms with van der Waals surface area (Å²) in [6.45, 7) is 0.287. The molecule has 0 unspecified atom stereocenters. The molecule has 0 saturated carbocycles. The minimum atomic E-state index is -0.530. The molecule has 5 heteroatoms. The van der Waals surface area contributed by atoms with Gasteiger partial charge in [0.25, 0.3) is 5.91 Å². The third kappa shape index (κ3) is 8.22. The van der Waals surface area contributed by atoms with Crippen LogP contribution in [0, 0.1) is 0 Å². The standard InChI is InChI=1S/C20H21NO3S/c22-19(21-13-14-25-16-18-9-5-2-6-10-18)15-24-20(23)12-11-17-7-3-1-4-8-17/h1-12H,13-16H2,(H,21,22)/b12-11+. The van der Waals surface area contributed by atoms with Gasteiger partial charge in [0, 0.05) is 24.1 Å². The Bertz CT molecular complexity index is 687. The normalized spacial score (nSPS) is 10.6. The lowest BCUT2D eigenvalue weighted by molar-refractivity contribution is -0.143. The van der Waals surface area contributed by atoms with Gasteiger partial charge in [0.05, 0.1) is 0 Å². The van der Waals surface area contributed by atoms with Crippen molar-refractivity contribution in [1.82, 2.24) is 5.32 Å². The number of ether oxygens (including phenoxy) is 1. The predicted molar refractivity (Wildman–Crippen MR) is 102 cm³/mol. The highest BCUT2D eigenvalue weighted by Gasteiger charge is 2.04. The molecule has 0 aromatic heterocycles. The molecule has 25 heavy (non-hydrogen) atoms. The quantitative estimate of drug-likeness (QED) is 0.426. The van der Waals surface area contributed by atoms with Crippen LogP contribution in [0.5, 0.6) is 0 Å². The maximum Gasteiger partial charge on any atom is 0.331 e. The molecule has 0 bridgehead atoms. The second kappa shape index (κ2) is 11.1. The Balaban J connectivity index is 1.54. The summed E-state index contributed by atoms with van der Waals surface area (Å²) in [5.41, 5.74) is 2.16. The third-order valence-electron chi connectivity index (χ3n) is 3.24. The Morgan fingerprint density at radius 1 is 1.00 bits per heavy atom. The molecule has 2 aromatic carbocycles. The zero-order chi connectivity index (χ0) is 17.7. The summed E-state index contributed by atoms with van der Waals surface area (Å²) in [5, 5.41) is 2.74. The topological polar surface area (TPSA) is 55.4 Å². The first kappa shape index (κ1) is 18.8. The van der Waals surface area contributed by atoms with Crippen molar-refractivity contribution < 1.29 is 14.3 Å². The molecular weight excluding hydrogens is 334 g/mol. The number of nitrogens with one attached hydrogen (secondary N) is 1. The Hall–Kier alpha value is -2.53. The van der Waals surface area contributed by atoms with E-state index >= 15 is 0 Å². The van der Waals surface area contributed by atoms with Crippen LogP contribution in [0.15, 0.2) is 66.7 Å². The van der Waals surface area contributed by atoms with E-state index in [-0.39, 0.29) is 12.5 Å². The number of amides is 1. The lowest BCUT2D eigenvalue weighted by Gasteiger charge is -2.05. The Morgan fingerprint density at radius 2 is 1.68 bits per heavy atom. The van der Waals surface area contributed by atoms with Crippen LogP contribution in [0.3, 0.4) is 0 Å². The number of esters is 1. The van der Waals surface area contributed by atoms with Crippen LogP contribution < -0.4 is 5.32 Å². The monoisotopic (exact) mass is 355 g/mol. The van der Waals surface area contributed by atoms with Crippen LogP contribution in [-0.4, -0.2) is 30.8 Å². The van der Waals surface area contributed by atoms with Crippen LogP contribution in [0.1, 0.15) is 11.1 Å². The van der Waals surface area contributed by atoms with Crippen molar-refractivity contribution >= 4 is 29.7 Å². The molecule has 1 N–H and O–H groups in total. The van der Waals surface area contributed by atoms with Crippen molar-refractivity contribution in [2.24, 2.45) is 0 Å². The molecule has 0 atom stereocenters. The van der Waals surface area contributed by atoms with Gasteiger partial charge in [0.1, 0.15) is 0 Å². The fourth-order valence-electron chi connectivity index (χ4n) is 1.99. The van der Waals surface area contributed by atoms with Gasteiger partial charge in [-0.2, -0.15) is 11.8 Å². The molecule has 0 spiro atoms. The molecule has 1 amide bonds. The summed E-state index contributed by atoms with van der Waals surface area (Å²) in [6.07, 6.45) is 2.97. The first-order chi connectivity index (χ1) is 12.2. The van der Waals surface area contributed by atoms with Gasteiger partial charge in [0.2, 0.25) is 0 Å². The van der Waals surface area contributed by atoms with Gasteiger partial charge in [-0.3, -0.25) is 4.79 Å². The number of carbonyl (C=O) groups is 2. The minimum Gasteiger partial charge on any atom is -0.452 e. The highest BCUT2D eigenvalue weighted by atomic mass is 32.2. The zero-order valence-electron chi connectivity index (χ0n) is 13.9. The Labute approximate surface area is 152 Å². The molecular formula is C20H21NO3S. The van der Waals surface area contributed by atoms with Crippen molar-refractivity contribution in [3.05, 3.63) is 77.9 Å². The summed E-state index contributed by atoms with van der Waals surface area (Å²) in [5.74, 6) is 0.901. The van der Waals surface area contributed by atoms with E-state index in [4.69, 9.17) is 4.74 Å². The largest absolute Gasteiger partial charge is 0.452 e. The van der Waals surface area contributed by atoms with Gasteiger partial charge in [-0.1, -0.05) is 60.7 Å². The number of benzene rings is 2. The van der Waals surface area contributed by atoms with Gasteiger partial charge in [-0.15, -0.1) is 0 Å². The highest BCUT2D eigenvalue weighted by molar-refractivity contribution is 7.98. The lowest BCUT2D eigenvalue weighted by atomic mass is 10.2. The SMILES string of the molecule is O=C(COC(=O)/C=C/c1ccccc1)NCCSCc1ccccc1. The second-order valence-corrected chi connectivity index (χ2v) is 6.35. The zero-order valence-corrected chi connectivity index (χ0v) is 14.7. The van der Waals surface area contributed by atoms with Gasteiger partial charge in [-0.05, 0) is 17.2 Å². The Kier molecular flexibility index (Phi) is 8.35. The number of hydrogen-bond donors (Lipinski definition) is 1. The second-order valence-electron chi connectivity index (χ2n) is 5.24. The van der Waals surface area contributed by atoms with Gasteiger partial charge < -0.3 is 10.1 Å². The lowest BCUT2D eigenvalue weighted by Crippen LogP contribution is -2.30. The van der Waals surface area contributed by atoms with Crippen LogP contribution in [-0.2, 0) is 20.1 Å². The third-order valence-corrected chi connectivity index (χ3v) is 4.27. The van der Waals surface area contributed by atoms with Crippen LogP contribution in [0.25, 0.3) is 6.08 Å². The summed E-state index contributed by atoms with van der Waals surface area (Å²) in [4.78, 5) is 23.2. The summed E-state index contributed by atoms with van der Waals surface area (Å²) < 4.78 is 4.91. The molecule has 0 radical (unpaired) electrons. The van der Waals surface area contributed by atoms with Gasteiger partial charge in [0.15, 0.2) is 6.61 Å². The van der Waals surface area contributed by atoms with E-state index < -0.39 is 5.97 Å². The smallest absolute Gasteiger partial charge is 0.331 e. The fraction of sp³-hybridized carbons (Fsp3) is 0.200. The number of carbonyl (C=O) groups excluding carboxylic acids is 2. The first-order valence-electron chi connectivity index (χ1n) is 8.02. The van der Waals surface area contributed by atoms with E-state index in [1.165, 1.54) is 11.6 Å². The summed E-state index contributed by atoms with van der Waals surface area (Å²) >= 11 is 1.74. The fourth-order valence-corrected chi connectivity index (χ4v) is 2.81. The van der Waals surface area contributed by atoms with Crippen molar-refractivity contribution in [3.63, 3.8) is 0 Å². The number of rotatable bonds is 9. The summed E-state index contributed by atoms with van der Waals surface area (Å²) in [7, 11) is 0. The van der Waals surface area contributed by atoms with Crippen LogP contribution in [0.2, 0.25) is 0 Å². The van der Waals surface area contributed by atoms with Crippen molar-refractivity contribution in [2.45, 2.75) is 5.75 Å². The van der Waals surface area contributed by atoms with E-state index in [9.17, 15) is 9.59 Å². The van der Waals surface area contributed by atoms with Crippen molar-refractivity contribution in [1.29, 1.82) is 0 Å². The molecule has 0 aliphatic rings. The molecule has 0 aliphatic heterocycles. The van der Waals surface area contributed by atoms with Gasteiger partial charge >= 0.3 is 5.97 Å². The average Bonchev–Trinajstić information content (AvgIpc) is 2.66. The molecule has 2 rings (SSSR count). The number of thioether (sulfide) groups is 1. The van der Waals surface area contributed by atoms with Crippen molar-refractivity contribution in [2.75, 3.05) is 18.9 Å². The van der Waals surface area contributed by atoms with Crippen molar-refractivity contribution in [3.8, 4) is 0 Å². The Morgan fingerprint density at radius 3 is 2.40 bits per heavy atom. The maximum atomic E-state index is 11.6. The van der Waals surface area contributed by atoms with E-state index in [0.29, 0.717) is 6.54 Å². The molecule has 0 aliphatic carbocycles. The minimum absolute atomic E-state index is 0.263. The molecule has 0 saturated heterocycles. The first-order valence-corrected chi connectivity index (χ1v) is 9.18.